The molecule has 1 fully saturated rings. The Morgan fingerprint density at radius 1 is 1.50 bits per heavy atom. The van der Waals surface area contributed by atoms with E-state index in [1.165, 1.54) is 16.7 Å². The average molecular weight is 312 g/mol. The number of nitrogens with one attached hydrogen (secondary N) is 1. The highest BCUT2D eigenvalue weighted by Gasteiger charge is 2.39. The van der Waals surface area contributed by atoms with Gasteiger partial charge in [-0.15, -0.1) is 23.5 Å². The van der Waals surface area contributed by atoms with Crippen molar-refractivity contribution in [1.82, 2.24) is 4.90 Å². The number of urea groups is 1. The Kier molecular flexibility index (Phi) is 4.82. The first-order valence-electron chi connectivity index (χ1n) is 6.10. The van der Waals surface area contributed by atoms with Gasteiger partial charge in [0.15, 0.2) is 0 Å². The van der Waals surface area contributed by atoms with Crippen LogP contribution in [0.25, 0.3) is 0 Å². The van der Waals surface area contributed by atoms with E-state index in [2.05, 4.69) is 5.32 Å². The minimum absolute atomic E-state index is 0.139. The van der Waals surface area contributed by atoms with Crippen LogP contribution in [0, 0.1) is 0 Å². The van der Waals surface area contributed by atoms with E-state index >= 15 is 0 Å². The van der Waals surface area contributed by atoms with Gasteiger partial charge < -0.3 is 10.4 Å². The molecule has 1 saturated heterocycles. The molecule has 0 aromatic heterocycles. The van der Waals surface area contributed by atoms with Crippen LogP contribution in [0.4, 0.5) is 10.5 Å². The highest BCUT2D eigenvalue weighted by atomic mass is 32.2. The third-order valence-corrected chi connectivity index (χ3v) is 5.01. The summed E-state index contributed by atoms with van der Waals surface area (Å²) in [4.78, 5) is 25.9. The highest BCUT2D eigenvalue weighted by Crippen LogP contribution is 2.29. The molecule has 0 saturated carbocycles. The van der Waals surface area contributed by atoms with Crippen molar-refractivity contribution in [2.75, 3.05) is 17.3 Å². The van der Waals surface area contributed by atoms with Crippen LogP contribution in [0.3, 0.4) is 0 Å². The molecule has 0 bridgehead atoms. The maximum Gasteiger partial charge on any atom is 0.327 e. The fourth-order valence-electron chi connectivity index (χ4n) is 2.03. The smallest absolute Gasteiger partial charge is 0.327 e. The standard InChI is InChI=1S/C13H16N2O3S2/c1-8-15(11(7-20-8)12(16)17)13(18)14-9-4-3-5-10(6-9)19-2/h3-6,8,11H,7H2,1-2H3,(H,14,18)(H,16,17). The van der Waals surface area contributed by atoms with E-state index in [0.29, 0.717) is 11.4 Å². The van der Waals surface area contributed by atoms with E-state index in [4.69, 9.17) is 5.11 Å². The molecule has 1 aromatic rings. The Labute approximate surface area is 126 Å². The zero-order valence-electron chi connectivity index (χ0n) is 11.2. The third kappa shape index (κ3) is 3.21. The second-order valence-corrected chi connectivity index (χ2v) is 6.58. The first-order valence-corrected chi connectivity index (χ1v) is 8.38. The number of carbonyl (C=O) groups excluding carboxylic acids is 1. The largest absolute Gasteiger partial charge is 0.480 e. The van der Waals surface area contributed by atoms with E-state index < -0.39 is 12.0 Å². The summed E-state index contributed by atoms with van der Waals surface area (Å²) in [5, 5.41) is 11.8. The average Bonchev–Trinajstić information content (AvgIpc) is 2.81. The summed E-state index contributed by atoms with van der Waals surface area (Å²) in [6.07, 6.45) is 1.96. The number of anilines is 1. The van der Waals surface area contributed by atoms with E-state index in [1.807, 2.05) is 31.4 Å². The lowest BCUT2D eigenvalue weighted by molar-refractivity contribution is -0.141. The molecule has 2 amide bonds. The van der Waals surface area contributed by atoms with Gasteiger partial charge in [-0.25, -0.2) is 9.59 Å². The van der Waals surface area contributed by atoms with Crippen molar-refractivity contribution in [2.24, 2.45) is 0 Å². The number of benzene rings is 1. The number of aliphatic carboxylic acids is 1. The fourth-order valence-corrected chi connectivity index (χ4v) is 3.66. The van der Waals surface area contributed by atoms with Gasteiger partial charge in [-0.05, 0) is 31.4 Å². The minimum Gasteiger partial charge on any atom is -0.480 e. The molecule has 2 rings (SSSR count). The number of rotatable bonds is 3. The molecule has 1 aliphatic rings. The summed E-state index contributed by atoms with van der Waals surface area (Å²) in [6, 6.07) is 6.34. The van der Waals surface area contributed by atoms with Crippen molar-refractivity contribution in [3.8, 4) is 0 Å². The highest BCUT2D eigenvalue weighted by molar-refractivity contribution is 8.00. The number of thioether (sulfide) groups is 2. The molecular formula is C13H16N2O3S2. The Morgan fingerprint density at radius 2 is 2.25 bits per heavy atom. The van der Waals surface area contributed by atoms with E-state index in [0.717, 1.165) is 4.90 Å². The Balaban J connectivity index is 2.12. The van der Waals surface area contributed by atoms with E-state index in [-0.39, 0.29) is 11.4 Å². The van der Waals surface area contributed by atoms with Gasteiger partial charge in [0.05, 0.1) is 5.37 Å². The molecule has 7 heteroatoms. The normalized spacial score (nSPS) is 21.8. The van der Waals surface area contributed by atoms with Gasteiger partial charge in [0.1, 0.15) is 6.04 Å². The van der Waals surface area contributed by atoms with Gasteiger partial charge in [0.25, 0.3) is 0 Å². The molecule has 0 radical (unpaired) electrons. The first-order chi connectivity index (χ1) is 9.52. The maximum absolute atomic E-state index is 12.3. The molecular weight excluding hydrogens is 296 g/mol. The van der Waals surface area contributed by atoms with Crippen LogP contribution in [0.15, 0.2) is 29.2 Å². The summed E-state index contributed by atoms with van der Waals surface area (Å²) >= 11 is 3.05. The molecule has 1 aliphatic heterocycles. The van der Waals surface area contributed by atoms with Crippen LogP contribution >= 0.6 is 23.5 Å². The van der Waals surface area contributed by atoms with Crippen molar-refractivity contribution >= 4 is 41.2 Å². The van der Waals surface area contributed by atoms with Crippen molar-refractivity contribution < 1.29 is 14.7 Å². The van der Waals surface area contributed by atoms with Gasteiger partial charge in [-0.2, -0.15) is 0 Å². The van der Waals surface area contributed by atoms with Crippen molar-refractivity contribution in [3.05, 3.63) is 24.3 Å². The topological polar surface area (TPSA) is 69.6 Å². The van der Waals surface area contributed by atoms with Crippen LogP contribution in [-0.4, -0.2) is 45.4 Å². The zero-order chi connectivity index (χ0) is 14.7. The number of carboxylic acids is 1. The van der Waals surface area contributed by atoms with Crippen LogP contribution in [0.2, 0.25) is 0 Å². The van der Waals surface area contributed by atoms with Crippen LogP contribution in [-0.2, 0) is 4.79 Å². The summed E-state index contributed by atoms with van der Waals surface area (Å²) in [6.45, 7) is 1.84. The number of carboxylic acid groups (broad SMARTS) is 1. The molecule has 5 nitrogen and oxygen atoms in total. The van der Waals surface area contributed by atoms with Crippen LogP contribution in [0.1, 0.15) is 6.92 Å². The molecule has 0 spiro atoms. The summed E-state index contributed by atoms with van der Waals surface area (Å²) in [7, 11) is 0. The first kappa shape index (κ1) is 15.1. The number of hydrogen-bond acceptors (Lipinski definition) is 4. The summed E-state index contributed by atoms with van der Waals surface area (Å²) in [5.41, 5.74) is 0.676. The molecule has 1 aromatic carbocycles. The van der Waals surface area contributed by atoms with E-state index in [9.17, 15) is 9.59 Å². The molecule has 2 unspecified atom stereocenters. The van der Waals surface area contributed by atoms with Crippen molar-refractivity contribution in [1.29, 1.82) is 0 Å². The lowest BCUT2D eigenvalue weighted by Gasteiger charge is -2.25. The summed E-state index contributed by atoms with van der Waals surface area (Å²) in [5.74, 6) is -0.538. The predicted octanol–water partition coefficient (Wildman–Crippen LogP) is 2.79. The Hall–Kier alpha value is -1.34. The van der Waals surface area contributed by atoms with Gasteiger partial charge >= 0.3 is 12.0 Å². The zero-order valence-corrected chi connectivity index (χ0v) is 12.8. The third-order valence-electron chi connectivity index (χ3n) is 3.06. The second-order valence-electron chi connectivity index (χ2n) is 4.36. The van der Waals surface area contributed by atoms with E-state index in [1.54, 1.807) is 17.8 Å². The van der Waals surface area contributed by atoms with Gasteiger partial charge in [0, 0.05) is 16.3 Å². The fraction of sp³-hybridized carbons (Fsp3) is 0.385. The lowest BCUT2D eigenvalue weighted by Crippen LogP contribution is -2.46. The van der Waals surface area contributed by atoms with Crippen LogP contribution in [0.5, 0.6) is 0 Å². The van der Waals surface area contributed by atoms with Crippen molar-refractivity contribution in [3.63, 3.8) is 0 Å². The molecule has 0 aliphatic carbocycles. The maximum atomic E-state index is 12.3. The predicted molar refractivity (Wildman–Crippen MR) is 82.4 cm³/mol. The number of carbonyl (C=O) groups is 2. The molecule has 2 N–H and O–H groups in total. The Bertz CT molecular complexity index is 524. The monoisotopic (exact) mass is 312 g/mol. The molecule has 20 heavy (non-hydrogen) atoms. The minimum atomic E-state index is -0.963. The molecule has 1 heterocycles. The Morgan fingerprint density at radius 3 is 2.90 bits per heavy atom. The van der Waals surface area contributed by atoms with Gasteiger partial charge in [-0.3, -0.25) is 4.90 Å². The number of nitrogens with zero attached hydrogens (tertiary/aromatic N) is 1. The SMILES string of the molecule is CSc1cccc(NC(=O)N2C(C)SCC2C(=O)O)c1. The second kappa shape index (κ2) is 6.41. The number of amides is 2. The quantitative estimate of drug-likeness (QED) is 0.840. The van der Waals surface area contributed by atoms with Crippen molar-refractivity contribution in [2.45, 2.75) is 23.2 Å². The summed E-state index contributed by atoms with van der Waals surface area (Å²) < 4.78 is 0. The van der Waals surface area contributed by atoms with Crippen LogP contribution < -0.4 is 5.32 Å². The lowest BCUT2D eigenvalue weighted by atomic mass is 10.3. The molecule has 2 atom stereocenters. The number of hydrogen-bond donors (Lipinski definition) is 2. The van der Waals surface area contributed by atoms with Gasteiger partial charge in [0.2, 0.25) is 0 Å². The van der Waals surface area contributed by atoms with Gasteiger partial charge in [-0.1, -0.05) is 6.07 Å². The molecule has 108 valence electrons.